The third kappa shape index (κ3) is 7.51. The van der Waals surface area contributed by atoms with Crippen LogP contribution >= 0.6 is 35.6 Å². The van der Waals surface area contributed by atoms with Crippen LogP contribution in [0, 0.1) is 0 Å². The Kier molecular flexibility index (Phi) is 11.3. The van der Waals surface area contributed by atoms with Gasteiger partial charge in [0.15, 0.2) is 5.96 Å². The molecule has 6 heteroatoms. The highest BCUT2D eigenvalue weighted by atomic mass is 127. The molecule has 2 rings (SSSR count). The minimum absolute atomic E-state index is 0. The van der Waals surface area contributed by atoms with Gasteiger partial charge in [0.2, 0.25) is 0 Å². The number of guanidine groups is 1. The van der Waals surface area contributed by atoms with E-state index in [1.807, 2.05) is 61.5 Å². The van der Waals surface area contributed by atoms with Crippen molar-refractivity contribution in [3.63, 3.8) is 0 Å². The first-order valence-corrected chi connectivity index (χ1v) is 9.03. The van der Waals surface area contributed by atoms with Gasteiger partial charge in [0.25, 0.3) is 0 Å². The van der Waals surface area contributed by atoms with Crippen molar-refractivity contribution < 1.29 is 5.11 Å². The standard InChI is InChI=1S/C20H26ClN3O.HI/c1-2-22-20(23-13-12-17-10-6-7-11-19(17)21)24-14-18(15-25)16-8-4-3-5-9-16;/h3-11,18,25H,2,12-15H2,1H3,(H2,22,23,24);1H. The van der Waals surface area contributed by atoms with E-state index in [4.69, 9.17) is 11.6 Å². The lowest BCUT2D eigenvalue weighted by Crippen LogP contribution is -2.38. The van der Waals surface area contributed by atoms with Gasteiger partial charge in [0, 0.05) is 24.0 Å². The van der Waals surface area contributed by atoms with Gasteiger partial charge in [-0.05, 0) is 30.5 Å². The number of nitrogens with zero attached hydrogens (tertiary/aromatic N) is 1. The fraction of sp³-hybridized carbons (Fsp3) is 0.350. The van der Waals surface area contributed by atoms with E-state index in [1.54, 1.807) is 0 Å². The van der Waals surface area contributed by atoms with Crippen molar-refractivity contribution in [2.75, 3.05) is 26.2 Å². The number of hydrogen-bond donors (Lipinski definition) is 3. The van der Waals surface area contributed by atoms with Crippen LogP contribution in [-0.2, 0) is 6.42 Å². The number of aliphatic imine (C=N–C) groups is 1. The van der Waals surface area contributed by atoms with Crippen LogP contribution in [0.1, 0.15) is 24.0 Å². The Labute approximate surface area is 178 Å². The normalized spacial score (nSPS) is 12.2. The maximum atomic E-state index is 9.65. The summed E-state index contributed by atoms with van der Waals surface area (Å²) in [6.07, 6.45) is 0.826. The van der Waals surface area contributed by atoms with Crippen molar-refractivity contribution in [2.45, 2.75) is 19.3 Å². The molecule has 2 aromatic carbocycles. The summed E-state index contributed by atoms with van der Waals surface area (Å²) in [4.78, 5) is 4.62. The van der Waals surface area contributed by atoms with Crippen LogP contribution in [-0.4, -0.2) is 37.3 Å². The number of aliphatic hydroxyl groups excluding tert-OH is 1. The molecule has 0 spiro atoms. The number of halogens is 2. The van der Waals surface area contributed by atoms with Gasteiger partial charge in [0.05, 0.1) is 13.2 Å². The predicted octanol–water partition coefficient (Wildman–Crippen LogP) is 3.83. The van der Waals surface area contributed by atoms with Crippen LogP contribution in [0.25, 0.3) is 0 Å². The zero-order chi connectivity index (χ0) is 17.9. The fourth-order valence-corrected chi connectivity index (χ4v) is 2.78. The van der Waals surface area contributed by atoms with E-state index in [1.165, 1.54) is 0 Å². The lowest BCUT2D eigenvalue weighted by molar-refractivity contribution is 0.268. The van der Waals surface area contributed by atoms with E-state index >= 15 is 0 Å². The number of aliphatic hydroxyl groups is 1. The molecular weight excluding hydrogens is 461 g/mol. The summed E-state index contributed by atoms with van der Waals surface area (Å²) >= 11 is 6.19. The van der Waals surface area contributed by atoms with Crippen molar-refractivity contribution in [1.29, 1.82) is 0 Å². The van der Waals surface area contributed by atoms with E-state index < -0.39 is 0 Å². The van der Waals surface area contributed by atoms with Gasteiger partial charge in [0.1, 0.15) is 0 Å². The molecule has 0 amide bonds. The molecule has 0 bridgehead atoms. The molecule has 4 nitrogen and oxygen atoms in total. The molecule has 0 radical (unpaired) electrons. The molecule has 26 heavy (non-hydrogen) atoms. The zero-order valence-electron chi connectivity index (χ0n) is 15.0. The predicted molar refractivity (Wildman–Crippen MR) is 121 cm³/mol. The molecule has 0 aromatic heterocycles. The quantitative estimate of drug-likeness (QED) is 0.301. The maximum Gasteiger partial charge on any atom is 0.191 e. The Morgan fingerprint density at radius 2 is 1.77 bits per heavy atom. The molecule has 0 saturated carbocycles. The molecule has 3 N–H and O–H groups in total. The topological polar surface area (TPSA) is 56.7 Å². The van der Waals surface area contributed by atoms with Gasteiger partial charge in [-0.2, -0.15) is 0 Å². The third-order valence-corrected chi connectivity index (χ3v) is 4.32. The van der Waals surface area contributed by atoms with Gasteiger partial charge in [-0.1, -0.05) is 60.1 Å². The fourth-order valence-electron chi connectivity index (χ4n) is 2.55. The maximum absolute atomic E-state index is 9.65. The minimum Gasteiger partial charge on any atom is -0.396 e. The Morgan fingerprint density at radius 1 is 1.08 bits per heavy atom. The molecule has 0 saturated heterocycles. The van der Waals surface area contributed by atoms with Crippen LogP contribution in [0.15, 0.2) is 59.6 Å². The highest BCUT2D eigenvalue weighted by Gasteiger charge is 2.10. The summed E-state index contributed by atoms with van der Waals surface area (Å²) < 4.78 is 0. The van der Waals surface area contributed by atoms with Crippen LogP contribution in [0.5, 0.6) is 0 Å². The van der Waals surface area contributed by atoms with Crippen LogP contribution in [0.2, 0.25) is 5.02 Å². The summed E-state index contributed by atoms with van der Waals surface area (Å²) in [6, 6.07) is 17.8. The van der Waals surface area contributed by atoms with E-state index in [-0.39, 0.29) is 36.5 Å². The monoisotopic (exact) mass is 487 g/mol. The molecule has 0 aliphatic carbocycles. The summed E-state index contributed by atoms with van der Waals surface area (Å²) in [6.45, 7) is 4.16. The van der Waals surface area contributed by atoms with E-state index in [2.05, 4.69) is 15.6 Å². The highest BCUT2D eigenvalue weighted by molar-refractivity contribution is 14.0. The lowest BCUT2D eigenvalue weighted by atomic mass is 10.0. The SMILES string of the molecule is CCNC(=NCC(CO)c1ccccc1)NCCc1ccccc1Cl.I. The molecule has 1 atom stereocenters. The first-order valence-electron chi connectivity index (χ1n) is 8.66. The summed E-state index contributed by atoms with van der Waals surface area (Å²) in [5.41, 5.74) is 2.21. The molecule has 0 heterocycles. The van der Waals surface area contributed by atoms with E-state index in [0.29, 0.717) is 6.54 Å². The third-order valence-electron chi connectivity index (χ3n) is 3.95. The average Bonchev–Trinajstić information content (AvgIpc) is 2.64. The Bertz CT molecular complexity index is 667. The van der Waals surface area contributed by atoms with Crippen molar-refractivity contribution >= 4 is 41.5 Å². The van der Waals surface area contributed by atoms with Crippen molar-refractivity contribution in [2.24, 2.45) is 4.99 Å². The van der Waals surface area contributed by atoms with Gasteiger partial charge in [-0.3, -0.25) is 4.99 Å². The second-order valence-electron chi connectivity index (χ2n) is 5.78. The number of rotatable bonds is 8. The Hall–Kier alpha value is -1.31. The second-order valence-corrected chi connectivity index (χ2v) is 6.19. The molecule has 142 valence electrons. The number of hydrogen-bond acceptors (Lipinski definition) is 2. The molecule has 0 fully saturated rings. The van der Waals surface area contributed by atoms with Gasteiger partial charge in [-0.15, -0.1) is 24.0 Å². The van der Waals surface area contributed by atoms with Crippen LogP contribution in [0.3, 0.4) is 0 Å². The van der Waals surface area contributed by atoms with Gasteiger partial charge >= 0.3 is 0 Å². The van der Waals surface area contributed by atoms with Crippen LogP contribution in [0.4, 0.5) is 0 Å². The zero-order valence-corrected chi connectivity index (χ0v) is 18.1. The first kappa shape index (κ1) is 22.7. The summed E-state index contributed by atoms with van der Waals surface area (Å²) in [5, 5.41) is 17.0. The smallest absolute Gasteiger partial charge is 0.191 e. The summed E-state index contributed by atoms with van der Waals surface area (Å²) in [5.74, 6) is 0.754. The Morgan fingerprint density at radius 3 is 2.42 bits per heavy atom. The minimum atomic E-state index is 0. The van der Waals surface area contributed by atoms with Crippen LogP contribution < -0.4 is 10.6 Å². The average molecular weight is 488 g/mol. The van der Waals surface area contributed by atoms with Crippen molar-refractivity contribution in [3.8, 4) is 0 Å². The van der Waals surface area contributed by atoms with E-state index in [0.717, 1.165) is 41.6 Å². The van der Waals surface area contributed by atoms with Crippen molar-refractivity contribution in [1.82, 2.24) is 10.6 Å². The second kappa shape index (κ2) is 12.9. The van der Waals surface area contributed by atoms with E-state index in [9.17, 15) is 5.11 Å². The molecule has 0 aliphatic rings. The lowest BCUT2D eigenvalue weighted by Gasteiger charge is -2.15. The first-order chi connectivity index (χ1) is 12.2. The Balaban J connectivity index is 0.00000338. The van der Waals surface area contributed by atoms with Gasteiger partial charge < -0.3 is 15.7 Å². The molecular formula is C20H27ClIN3O. The molecule has 2 aromatic rings. The largest absolute Gasteiger partial charge is 0.396 e. The highest BCUT2D eigenvalue weighted by Crippen LogP contribution is 2.16. The van der Waals surface area contributed by atoms with Crippen molar-refractivity contribution in [3.05, 3.63) is 70.7 Å². The summed E-state index contributed by atoms with van der Waals surface area (Å²) in [7, 11) is 0. The molecule has 1 unspecified atom stereocenters. The van der Waals surface area contributed by atoms with Gasteiger partial charge in [-0.25, -0.2) is 0 Å². The number of benzene rings is 2. The molecule has 0 aliphatic heterocycles. The number of nitrogens with one attached hydrogen (secondary N) is 2.